The van der Waals surface area contributed by atoms with Gasteiger partial charge in [-0.15, -0.1) is 4.99 Å². The van der Waals surface area contributed by atoms with Crippen molar-refractivity contribution in [2.24, 2.45) is 4.99 Å². The molecule has 2 saturated carbocycles. The van der Waals surface area contributed by atoms with E-state index in [9.17, 15) is 0 Å². The number of rotatable bonds is 4. The van der Waals surface area contributed by atoms with Crippen LogP contribution in [0.15, 0.2) is 35.3 Å². The Hall–Kier alpha value is -2.02. The minimum Gasteiger partial charge on any atom is -0.355 e. The molecule has 0 spiro atoms. The molecule has 0 unspecified atom stereocenters. The largest absolute Gasteiger partial charge is 0.355 e. The van der Waals surface area contributed by atoms with Gasteiger partial charge in [0.2, 0.25) is 12.2 Å². The van der Waals surface area contributed by atoms with Crippen molar-refractivity contribution >= 4 is 5.96 Å². The van der Waals surface area contributed by atoms with E-state index in [1.54, 1.807) is 0 Å². The molecule has 128 valence electrons. The van der Waals surface area contributed by atoms with Crippen LogP contribution in [0.5, 0.6) is 0 Å². The molecule has 2 N–H and O–H groups in total. The van der Waals surface area contributed by atoms with Gasteiger partial charge in [0.05, 0.1) is 0 Å². The van der Waals surface area contributed by atoms with E-state index in [2.05, 4.69) is 46.0 Å². The fourth-order valence-electron chi connectivity index (χ4n) is 4.28. The standard InChI is InChI=1S/C20H28N4/c21-16-23-19(24-18-11-5-6-12-18)22-15-20(13-7-2-8-14-20)17-9-3-1-4-10-17/h1,3-4,9-10,18H,2,5-8,11-15H2,(H2,22,23,24). The summed E-state index contributed by atoms with van der Waals surface area (Å²) in [6, 6.07) is 11.3. The first kappa shape index (κ1) is 16.8. The molecule has 0 radical (unpaired) electrons. The van der Waals surface area contributed by atoms with Crippen LogP contribution in [0.4, 0.5) is 0 Å². The fourth-order valence-corrected chi connectivity index (χ4v) is 4.28. The van der Waals surface area contributed by atoms with Crippen LogP contribution in [0.3, 0.4) is 0 Å². The molecule has 3 rings (SSSR count). The van der Waals surface area contributed by atoms with E-state index in [0.29, 0.717) is 12.0 Å². The maximum absolute atomic E-state index is 9.01. The molecule has 24 heavy (non-hydrogen) atoms. The van der Waals surface area contributed by atoms with E-state index in [0.717, 1.165) is 6.54 Å². The van der Waals surface area contributed by atoms with Crippen LogP contribution in [0.1, 0.15) is 63.4 Å². The average molecular weight is 324 g/mol. The lowest BCUT2D eigenvalue weighted by molar-refractivity contribution is 0.291. The van der Waals surface area contributed by atoms with Gasteiger partial charge in [-0.2, -0.15) is 5.26 Å². The summed E-state index contributed by atoms with van der Waals surface area (Å²) >= 11 is 0. The van der Waals surface area contributed by atoms with E-state index < -0.39 is 0 Å². The number of hydrogen-bond acceptors (Lipinski definition) is 2. The monoisotopic (exact) mass is 324 g/mol. The van der Waals surface area contributed by atoms with E-state index in [4.69, 9.17) is 5.26 Å². The normalized spacial score (nSPS) is 21.2. The molecule has 2 fully saturated rings. The number of nitrogens with one attached hydrogen (secondary N) is 2. The molecule has 2 aliphatic rings. The number of nitriles is 1. The number of nitrogens with zero attached hydrogens (tertiary/aromatic N) is 2. The molecule has 0 atom stereocenters. The number of aliphatic imine (C=N–C) groups is 1. The summed E-state index contributed by atoms with van der Waals surface area (Å²) in [6.45, 7) is 0.844. The van der Waals surface area contributed by atoms with Crippen molar-refractivity contribution in [1.82, 2.24) is 10.6 Å². The number of hydrogen-bond donors (Lipinski definition) is 2. The van der Waals surface area contributed by atoms with Crippen LogP contribution in [-0.4, -0.2) is 18.5 Å². The van der Waals surface area contributed by atoms with Gasteiger partial charge in [-0.1, -0.05) is 62.4 Å². The fraction of sp³-hybridized carbons (Fsp3) is 0.600. The van der Waals surface area contributed by atoms with Crippen molar-refractivity contribution in [3.8, 4) is 6.19 Å². The Morgan fingerprint density at radius 3 is 2.46 bits per heavy atom. The molecular formula is C20H28N4. The first-order chi connectivity index (χ1) is 11.8. The molecule has 0 aromatic heterocycles. The number of guanidine groups is 1. The third-order valence-corrected chi connectivity index (χ3v) is 5.65. The van der Waals surface area contributed by atoms with Crippen LogP contribution in [0.25, 0.3) is 0 Å². The SMILES string of the molecule is N#C/N=C(/NCC1(c2ccccc2)CCCCC1)NC1CCCC1. The summed E-state index contributed by atoms with van der Waals surface area (Å²) in [6.07, 6.45) is 13.1. The Kier molecular flexibility index (Phi) is 5.74. The van der Waals surface area contributed by atoms with Crippen molar-refractivity contribution in [3.05, 3.63) is 35.9 Å². The Labute approximate surface area is 145 Å². The first-order valence-electron chi connectivity index (χ1n) is 9.35. The molecule has 0 heterocycles. The Balaban J connectivity index is 1.70. The van der Waals surface area contributed by atoms with Gasteiger partial charge in [0.15, 0.2) is 0 Å². The van der Waals surface area contributed by atoms with Crippen LogP contribution in [-0.2, 0) is 5.41 Å². The van der Waals surface area contributed by atoms with Crippen molar-refractivity contribution in [2.45, 2.75) is 69.2 Å². The molecule has 4 heteroatoms. The smallest absolute Gasteiger partial charge is 0.209 e. The average Bonchev–Trinajstić information content (AvgIpc) is 3.15. The Morgan fingerprint density at radius 1 is 1.08 bits per heavy atom. The summed E-state index contributed by atoms with van der Waals surface area (Å²) < 4.78 is 0. The molecular weight excluding hydrogens is 296 g/mol. The zero-order valence-corrected chi connectivity index (χ0v) is 14.4. The van der Waals surface area contributed by atoms with E-state index >= 15 is 0 Å². The third-order valence-electron chi connectivity index (χ3n) is 5.65. The van der Waals surface area contributed by atoms with Gasteiger partial charge in [-0.25, -0.2) is 0 Å². The molecule has 1 aromatic rings. The molecule has 1 aromatic carbocycles. The van der Waals surface area contributed by atoms with Gasteiger partial charge in [0.25, 0.3) is 0 Å². The highest BCUT2D eigenvalue weighted by Gasteiger charge is 2.34. The van der Waals surface area contributed by atoms with E-state index in [1.165, 1.54) is 63.4 Å². The zero-order valence-electron chi connectivity index (χ0n) is 14.4. The molecule has 0 aliphatic heterocycles. The van der Waals surface area contributed by atoms with Crippen molar-refractivity contribution in [3.63, 3.8) is 0 Å². The molecule has 0 bridgehead atoms. The van der Waals surface area contributed by atoms with Crippen LogP contribution >= 0.6 is 0 Å². The summed E-state index contributed by atoms with van der Waals surface area (Å²) in [5, 5.41) is 15.9. The quantitative estimate of drug-likeness (QED) is 0.502. The minimum atomic E-state index is 0.160. The van der Waals surface area contributed by atoms with E-state index in [-0.39, 0.29) is 5.41 Å². The molecule has 0 saturated heterocycles. The summed E-state index contributed by atoms with van der Waals surface area (Å²) in [7, 11) is 0. The third kappa shape index (κ3) is 4.08. The maximum atomic E-state index is 9.01. The van der Waals surface area contributed by atoms with Gasteiger partial charge in [0.1, 0.15) is 0 Å². The lowest BCUT2D eigenvalue weighted by atomic mass is 9.69. The molecule has 2 aliphatic carbocycles. The van der Waals surface area contributed by atoms with Crippen LogP contribution in [0.2, 0.25) is 0 Å². The predicted octanol–water partition coefficient (Wildman–Crippen LogP) is 3.85. The second-order valence-electron chi connectivity index (χ2n) is 7.25. The van der Waals surface area contributed by atoms with Crippen LogP contribution < -0.4 is 10.6 Å². The summed E-state index contributed by atoms with van der Waals surface area (Å²) in [4.78, 5) is 4.00. The van der Waals surface area contributed by atoms with Gasteiger partial charge in [-0.05, 0) is 31.2 Å². The minimum absolute atomic E-state index is 0.160. The highest BCUT2D eigenvalue weighted by atomic mass is 15.2. The lowest BCUT2D eigenvalue weighted by Crippen LogP contribution is -2.48. The molecule has 4 nitrogen and oxygen atoms in total. The maximum Gasteiger partial charge on any atom is 0.209 e. The van der Waals surface area contributed by atoms with Gasteiger partial charge >= 0.3 is 0 Å². The van der Waals surface area contributed by atoms with Gasteiger partial charge in [-0.3, -0.25) is 0 Å². The highest BCUT2D eigenvalue weighted by molar-refractivity contribution is 5.81. The topological polar surface area (TPSA) is 60.2 Å². The molecule has 0 amide bonds. The summed E-state index contributed by atoms with van der Waals surface area (Å²) in [5.74, 6) is 0.658. The van der Waals surface area contributed by atoms with Gasteiger partial charge in [0, 0.05) is 18.0 Å². The zero-order chi connectivity index (χ0) is 16.7. The van der Waals surface area contributed by atoms with Crippen molar-refractivity contribution in [1.29, 1.82) is 5.26 Å². The Bertz CT molecular complexity index is 575. The summed E-state index contributed by atoms with van der Waals surface area (Å²) in [5.41, 5.74) is 1.57. The lowest BCUT2D eigenvalue weighted by Gasteiger charge is -2.38. The van der Waals surface area contributed by atoms with E-state index in [1.807, 2.05) is 6.19 Å². The predicted molar refractivity (Wildman–Crippen MR) is 97.6 cm³/mol. The van der Waals surface area contributed by atoms with Crippen LogP contribution in [0, 0.1) is 11.5 Å². The number of benzene rings is 1. The Morgan fingerprint density at radius 2 is 1.79 bits per heavy atom. The second kappa shape index (κ2) is 8.19. The highest BCUT2D eigenvalue weighted by Crippen LogP contribution is 2.38. The van der Waals surface area contributed by atoms with Crippen molar-refractivity contribution in [2.75, 3.05) is 6.54 Å². The first-order valence-corrected chi connectivity index (χ1v) is 9.35. The van der Waals surface area contributed by atoms with Crippen molar-refractivity contribution < 1.29 is 0 Å². The van der Waals surface area contributed by atoms with Gasteiger partial charge < -0.3 is 10.6 Å². The second-order valence-corrected chi connectivity index (χ2v) is 7.25.